The maximum Gasteiger partial charge on any atom is -0.00139 e. The molecule has 0 aliphatic heterocycles. The van der Waals surface area contributed by atoms with E-state index in [1.807, 2.05) is 0 Å². The smallest absolute Gasteiger partial charge is 0.00139 e. The fourth-order valence-electron chi connectivity index (χ4n) is 8.15. The number of rotatable bonds is 4. The third-order valence-electron chi connectivity index (χ3n) is 10.4. The van der Waals surface area contributed by atoms with Crippen molar-refractivity contribution in [1.82, 2.24) is 0 Å². The third kappa shape index (κ3) is 4.54. The summed E-state index contributed by atoms with van der Waals surface area (Å²) in [7, 11) is 0. The van der Waals surface area contributed by atoms with Crippen molar-refractivity contribution >= 4 is 53.9 Å². The van der Waals surface area contributed by atoms with Gasteiger partial charge in [-0.15, -0.1) is 0 Å². The van der Waals surface area contributed by atoms with Gasteiger partial charge in [-0.1, -0.05) is 182 Å². The van der Waals surface area contributed by atoms with E-state index in [-0.39, 0.29) is 0 Å². The van der Waals surface area contributed by atoms with Crippen LogP contribution in [0.15, 0.2) is 194 Å². The van der Waals surface area contributed by atoms with Crippen LogP contribution in [0, 0.1) is 0 Å². The summed E-state index contributed by atoms with van der Waals surface area (Å²) in [4.78, 5) is 0. The van der Waals surface area contributed by atoms with E-state index in [0.717, 1.165) is 0 Å². The molecule has 0 heterocycles. The van der Waals surface area contributed by atoms with Crippen molar-refractivity contribution in [2.45, 2.75) is 0 Å². The Kier molecular flexibility index (Phi) is 6.60. The van der Waals surface area contributed by atoms with Crippen molar-refractivity contribution in [3.8, 4) is 44.5 Å². The molecule has 0 atom stereocenters. The Labute approximate surface area is 291 Å². The topological polar surface area (TPSA) is 0 Å². The van der Waals surface area contributed by atoms with Crippen molar-refractivity contribution in [2.24, 2.45) is 0 Å². The first-order chi connectivity index (χ1) is 24.8. The fourth-order valence-corrected chi connectivity index (χ4v) is 8.15. The van der Waals surface area contributed by atoms with E-state index < -0.39 is 0 Å². The zero-order chi connectivity index (χ0) is 33.0. The van der Waals surface area contributed by atoms with Crippen LogP contribution in [0.1, 0.15) is 0 Å². The molecule has 10 rings (SSSR count). The van der Waals surface area contributed by atoms with E-state index in [2.05, 4.69) is 194 Å². The Hall–Kier alpha value is -6.50. The SMILES string of the molecule is c1ccc(-c2c3ccccc3c(-c3cccc4ccccc34)c3cccc(-c4ccc5ccccc5c4)c23)c(-c2ccc3ccccc3c2)c1. The summed E-state index contributed by atoms with van der Waals surface area (Å²) >= 11 is 0. The Bertz CT molecular complexity index is 2920. The minimum absolute atomic E-state index is 1.22. The molecule has 0 unspecified atom stereocenters. The average Bonchev–Trinajstić information content (AvgIpc) is 3.19. The lowest BCUT2D eigenvalue weighted by atomic mass is 9.80. The van der Waals surface area contributed by atoms with Crippen LogP contribution in [0.4, 0.5) is 0 Å². The molecule has 0 fully saturated rings. The highest BCUT2D eigenvalue weighted by Crippen LogP contribution is 2.50. The molecule has 10 aromatic rings. The predicted octanol–water partition coefficient (Wildman–Crippen LogP) is 14.1. The van der Waals surface area contributed by atoms with E-state index in [0.29, 0.717) is 0 Å². The Balaban J connectivity index is 1.38. The van der Waals surface area contributed by atoms with Gasteiger partial charge in [0.1, 0.15) is 0 Å². The number of hydrogen-bond acceptors (Lipinski definition) is 0. The van der Waals surface area contributed by atoms with Crippen molar-refractivity contribution < 1.29 is 0 Å². The third-order valence-corrected chi connectivity index (χ3v) is 10.4. The van der Waals surface area contributed by atoms with Crippen LogP contribution in [0.25, 0.3) is 98.4 Å². The van der Waals surface area contributed by atoms with E-state index in [4.69, 9.17) is 0 Å². The lowest BCUT2D eigenvalue weighted by Crippen LogP contribution is -1.95. The highest BCUT2D eigenvalue weighted by molar-refractivity contribution is 6.27. The molecule has 0 spiro atoms. The van der Waals surface area contributed by atoms with Crippen LogP contribution in [0.3, 0.4) is 0 Å². The normalized spacial score (nSPS) is 11.6. The summed E-state index contributed by atoms with van der Waals surface area (Å²) in [6.07, 6.45) is 0. The minimum atomic E-state index is 1.22. The van der Waals surface area contributed by atoms with Gasteiger partial charge in [0, 0.05) is 0 Å². The maximum absolute atomic E-state index is 2.36. The molecule has 50 heavy (non-hydrogen) atoms. The van der Waals surface area contributed by atoms with Crippen LogP contribution < -0.4 is 0 Å². The summed E-state index contributed by atoms with van der Waals surface area (Å²) in [6.45, 7) is 0. The lowest BCUT2D eigenvalue weighted by molar-refractivity contribution is 1.62. The van der Waals surface area contributed by atoms with Crippen molar-refractivity contribution in [3.05, 3.63) is 194 Å². The summed E-state index contributed by atoms with van der Waals surface area (Å²) in [5, 5.41) is 12.6. The molecule has 0 nitrogen and oxygen atoms in total. The zero-order valence-corrected chi connectivity index (χ0v) is 27.5. The van der Waals surface area contributed by atoms with Crippen molar-refractivity contribution in [3.63, 3.8) is 0 Å². The molecule has 0 saturated heterocycles. The van der Waals surface area contributed by atoms with Crippen LogP contribution in [-0.2, 0) is 0 Å². The zero-order valence-electron chi connectivity index (χ0n) is 27.5. The van der Waals surface area contributed by atoms with E-state index in [1.54, 1.807) is 0 Å². The molecule has 0 aromatic heterocycles. The highest BCUT2D eigenvalue weighted by Gasteiger charge is 2.22. The monoisotopic (exact) mass is 632 g/mol. The second-order valence-electron chi connectivity index (χ2n) is 13.2. The van der Waals surface area contributed by atoms with E-state index >= 15 is 0 Å². The molecule has 0 heteroatoms. The van der Waals surface area contributed by atoms with Gasteiger partial charge in [0.05, 0.1) is 0 Å². The van der Waals surface area contributed by atoms with Gasteiger partial charge < -0.3 is 0 Å². The van der Waals surface area contributed by atoms with Gasteiger partial charge in [0.25, 0.3) is 0 Å². The molecule has 0 aliphatic carbocycles. The predicted molar refractivity (Wildman–Crippen MR) is 216 cm³/mol. The van der Waals surface area contributed by atoms with Gasteiger partial charge in [-0.2, -0.15) is 0 Å². The second kappa shape index (κ2) is 11.6. The molecule has 0 radical (unpaired) electrons. The first-order valence-electron chi connectivity index (χ1n) is 17.4. The van der Waals surface area contributed by atoms with Gasteiger partial charge in [0.2, 0.25) is 0 Å². The minimum Gasteiger partial charge on any atom is -0.0616 e. The molecule has 10 aromatic carbocycles. The standard InChI is InChI=1S/C50H32/c1-3-16-36-31-38(29-27-33(36)13-1)41-20-7-8-21-44(41)50-46-23-10-9-22-45(46)48(43-25-11-18-35-15-5-6-19-40(35)43)47-26-12-24-42(49(47)50)39-30-28-34-14-2-4-17-37(34)32-39/h1-32H. The molecular formula is C50H32. The van der Waals surface area contributed by atoms with E-state index in [9.17, 15) is 0 Å². The molecule has 0 saturated carbocycles. The molecule has 0 N–H and O–H groups in total. The first-order valence-corrected chi connectivity index (χ1v) is 17.4. The Morgan fingerprint density at radius 3 is 1.36 bits per heavy atom. The molecule has 0 aliphatic rings. The molecular weight excluding hydrogens is 601 g/mol. The van der Waals surface area contributed by atoms with Crippen LogP contribution in [-0.4, -0.2) is 0 Å². The van der Waals surface area contributed by atoms with Crippen LogP contribution in [0.2, 0.25) is 0 Å². The van der Waals surface area contributed by atoms with Gasteiger partial charge in [-0.05, 0) is 111 Å². The molecule has 0 amide bonds. The van der Waals surface area contributed by atoms with Crippen LogP contribution in [0.5, 0.6) is 0 Å². The Morgan fingerprint density at radius 2 is 0.660 bits per heavy atom. The first kappa shape index (κ1) is 28.5. The van der Waals surface area contributed by atoms with Crippen molar-refractivity contribution in [1.29, 1.82) is 0 Å². The molecule has 0 bridgehead atoms. The molecule has 232 valence electrons. The fraction of sp³-hybridized carbons (Fsp3) is 0. The van der Waals surface area contributed by atoms with Crippen molar-refractivity contribution in [2.75, 3.05) is 0 Å². The van der Waals surface area contributed by atoms with Gasteiger partial charge in [-0.25, -0.2) is 0 Å². The van der Waals surface area contributed by atoms with Gasteiger partial charge in [-0.3, -0.25) is 0 Å². The van der Waals surface area contributed by atoms with Gasteiger partial charge in [0.15, 0.2) is 0 Å². The summed E-state index contributed by atoms with van der Waals surface area (Å²) in [6, 6.07) is 71.5. The van der Waals surface area contributed by atoms with Gasteiger partial charge >= 0.3 is 0 Å². The summed E-state index contributed by atoms with van der Waals surface area (Å²) in [5.74, 6) is 0. The average molecular weight is 633 g/mol. The lowest BCUT2D eigenvalue weighted by Gasteiger charge is -2.22. The summed E-state index contributed by atoms with van der Waals surface area (Å²) < 4.78 is 0. The Morgan fingerprint density at radius 1 is 0.220 bits per heavy atom. The van der Waals surface area contributed by atoms with E-state index in [1.165, 1.54) is 98.4 Å². The largest absolute Gasteiger partial charge is 0.0616 e. The number of benzene rings is 10. The number of fused-ring (bicyclic) bond motifs is 5. The number of hydrogen-bond donors (Lipinski definition) is 0. The quantitative estimate of drug-likeness (QED) is 0.169. The summed E-state index contributed by atoms with van der Waals surface area (Å²) in [5.41, 5.74) is 9.96. The second-order valence-corrected chi connectivity index (χ2v) is 13.2. The maximum atomic E-state index is 2.36. The highest BCUT2D eigenvalue weighted by atomic mass is 14.2. The van der Waals surface area contributed by atoms with Crippen LogP contribution >= 0.6 is 0 Å².